The van der Waals surface area contributed by atoms with Gasteiger partial charge in [0, 0.05) is 19.3 Å². The van der Waals surface area contributed by atoms with Gasteiger partial charge in [0.2, 0.25) is 5.89 Å². The zero-order valence-electron chi connectivity index (χ0n) is 12.4. The highest BCUT2D eigenvalue weighted by molar-refractivity contribution is 6.29. The van der Waals surface area contributed by atoms with Crippen LogP contribution in [-0.2, 0) is 17.8 Å². The number of halogens is 1. The molecule has 0 fully saturated rings. The van der Waals surface area contributed by atoms with E-state index in [4.69, 9.17) is 20.9 Å². The first kappa shape index (κ1) is 15.9. The smallest absolute Gasteiger partial charge is 0.240 e. The van der Waals surface area contributed by atoms with Gasteiger partial charge >= 0.3 is 0 Å². The molecule has 2 heterocycles. The lowest BCUT2D eigenvalue weighted by Gasteiger charge is -2.13. The van der Waals surface area contributed by atoms with E-state index in [0.29, 0.717) is 30.0 Å². The van der Waals surface area contributed by atoms with Crippen LogP contribution in [0.15, 0.2) is 22.9 Å². The van der Waals surface area contributed by atoms with Gasteiger partial charge in [0.1, 0.15) is 11.3 Å². The fraction of sp³-hybridized carbons (Fsp3) is 0.500. The van der Waals surface area contributed by atoms with Gasteiger partial charge < -0.3 is 9.26 Å². The van der Waals surface area contributed by atoms with Crippen molar-refractivity contribution < 1.29 is 9.26 Å². The molecule has 0 N–H and O–H groups in total. The van der Waals surface area contributed by atoms with E-state index in [1.165, 1.54) is 0 Å². The monoisotopic (exact) mass is 310 g/mol. The van der Waals surface area contributed by atoms with E-state index >= 15 is 0 Å². The Morgan fingerprint density at radius 3 is 2.86 bits per heavy atom. The summed E-state index contributed by atoms with van der Waals surface area (Å²) in [5, 5.41) is 4.43. The summed E-state index contributed by atoms with van der Waals surface area (Å²) >= 11 is 5.77. The van der Waals surface area contributed by atoms with Crippen molar-refractivity contribution in [3.63, 3.8) is 0 Å². The lowest BCUT2D eigenvalue weighted by atomic mass is 10.3. The van der Waals surface area contributed by atoms with E-state index in [0.717, 1.165) is 12.1 Å². The van der Waals surface area contributed by atoms with Crippen molar-refractivity contribution in [1.29, 1.82) is 0 Å². The highest BCUT2D eigenvalue weighted by Crippen LogP contribution is 2.14. The Morgan fingerprint density at radius 2 is 2.19 bits per heavy atom. The predicted octanol–water partition coefficient (Wildman–Crippen LogP) is 2.85. The lowest BCUT2D eigenvalue weighted by Crippen LogP contribution is -2.17. The second-order valence-electron chi connectivity index (χ2n) is 4.81. The Bertz CT molecular complexity index is 558. The van der Waals surface area contributed by atoms with Crippen LogP contribution in [0.25, 0.3) is 0 Å². The molecule has 0 bridgehead atoms. The Labute approximate surface area is 129 Å². The van der Waals surface area contributed by atoms with Gasteiger partial charge in [-0.05, 0) is 32.5 Å². The van der Waals surface area contributed by atoms with E-state index in [1.807, 2.05) is 27.0 Å². The van der Waals surface area contributed by atoms with Gasteiger partial charge in [0.15, 0.2) is 5.82 Å². The first-order valence-electron chi connectivity index (χ1n) is 6.81. The molecule has 0 aliphatic heterocycles. The van der Waals surface area contributed by atoms with Crippen LogP contribution in [0.5, 0.6) is 0 Å². The number of ether oxygens (including phenoxy) is 1. The van der Waals surface area contributed by atoms with Crippen LogP contribution >= 0.6 is 11.6 Å². The van der Waals surface area contributed by atoms with Crippen molar-refractivity contribution in [3.05, 3.63) is 40.8 Å². The SMILES string of the molecule is CCO[C@@H](C)c1noc(CN(C)Cc2ccc(Cl)nc2)n1. The third-order valence-corrected chi connectivity index (χ3v) is 3.13. The fourth-order valence-corrected chi connectivity index (χ4v) is 2.03. The molecule has 21 heavy (non-hydrogen) atoms. The third-order valence-electron chi connectivity index (χ3n) is 2.91. The van der Waals surface area contributed by atoms with Crippen LogP contribution < -0.4 is 0 Å². The molecule has 0 aliphatic carbocycles. The molecule has 0 spiro atoms. The number of hydrogen-bond donors (Lipinski definition) is 0. The Kier molecular flexibility index (Phi) is 5.67. The van der Waals surface area contributed by atoms with Crippen molar-refractivity contribution in [3.8, 4) is 0 Å². The van der Waals surface area contributed by atoms with E-state index in [2.05, 4.69) is 20.0 Å². The summed E-state index contributed by atoms with van der Waals surface area (Å²) in [7, 11) is 1.98. The Morgan fingerprint density at radius 1 is 1.38 bits per heavy atom. The van der Waals surface area contributed by atoms with Crippen molar-refractivity contribution in [2.45, 2.75) is 33.0 Å². The molecule has 2 aromatic rings. The van der Waals surface area contributed by atoms with Gasteiger partial charge in [-0.3, -0.25) is 4.90 Å². The highest BCUT2D eigenvalue weighted by atomic mass is 35.5. The lowest BCUT2D eigenvalue weighted by molar-refractivity contribution is 0.0683. The summed E-state index contributed by atoms with van der Waals surface area (Å²) in [6.07, 6.45) is 1.60. The summed E-state index contributed by atoms with van der Waals surface area (Å²) in [5.74, 6) is 1.15. The van der Waals surface area contributed by atoms with Crippen molar-refractivity contribution in [2.75, 3.05) is 13.7 Å². The second kappa shape index (κ2) is 7.49. The Balaban J connectivity index is 1.90. The Hall–Kier alpha value is -1.50. The molecular formula is C14H19ClN4O2. The van der Waals surface area contributed by atoms with Crippen LogP contribution in [0.1, 0.15) is 37.2 Å². The van der Waals surface area contributed by atoms with Crippen molar-refractivity contribution >= 4 is 11.6 Å². The first-order chi connectivity index (χ1) is 10.1. The summed E-state index contributed by atoms with van der Waals surface area (Å²) in [6.45, 7) is 5.75. The summed E-state index contributed by atoms with van der Waals surface area (Å²) < 4.78 is 10.7. The molecule has 2 aromatic heterocycles. The predicted molar refractivity (Wildman–Crippen MR) is 78.8 cm³/mol. The molecule has 0 unspecified atom stereocenters. The van der Waals surface area contributed by atoms with Gasteiger partial charge in [-0.2, -0.15) is 4.98 Å². The number of hydrogen-bond acceptors (Lipinski definition) is 6. The molecule has 114 valence electrons. The molecule has 0 saturated carbocycles. The molecule has 1 atom stereocenters. The molecule has 0 radical (unpaired) electrons. The van der Waals surface area contributed by atoms with Gasteiger partial charge in [-0.1, -0.05) is 22.8 Å². The number of nitrogens with zero attached hydrogens (tertiary/aromatic N) is 4. The van der Waals surface area contributed by atoms with Crippen LogP contribution in [0.4, 0.5) is 0 Å². The zero-order valence-corrected chi connectivity index (χ0v) is 13.2. The minimum atomic E-state index is -0.154. The van der Waals surface area contributed by atoms with Gasteiger partial charge in [-0.15, -0.1) is 0 Å². The van der Waals surface area contributed by atoms with E-state index in [9.17, 15) is 0 Å². The van der Waals surface area contributed by atoms with Crippen LogP contribution in [-0.4, -0.2) is 33.7 Å². The maximum Gasteiger partial charge on any atom is 0.240 e. The van der Waals surface area contributed by atoms with Gasteiger partial charge in [-0.25, -0.2) is 4.98 Å². The first-order valence-corrected chi connectivity index (χ1v) is 7.19. The topological polar surface area (TPSA) is 64.3 Å². The summed E-state index contributed by atoms with van der Waals surface area (Å²) in [6, 6.07) is 3.72. The van der Waals surface area contributed by atoms with Crippen LogP contribution in [0, 0.1) is 0 Å². The average Bonchev–Trinajstić information content (AvgIpc) is 2.90. The van der Waals surface area contributed by atoms with E-state index < -0.39 is 0 Å². The third kappa shape index (κ3) is 4.77. The van der Waals surface area contributed by atoms with Crippen molar-refractivity contribution in [2.24, 2.45) is 0 Å². The quantitative estimate of drug-likeness (QED) is 0.733. The average molecular weight is 311 g/mol. The fourth-order valence-electron chi connectivity index (χ4n) is 1.92. The normalized spacial score (nSPS) is 12.8. The molecule has 0 saturated heterocycles. The number of pyridine rings is 1. The number of rotatable bonds is 7. The number of aromatic nitrogens is 3. The zero-order chi connectivity index (χ0) is 15.2. The largest absolute Gasteiger partial charge is 0.371 e. The summed E-state index contributed by atoms with van der Waals surface area (Å²) in [4.78, 5) is 10.5. The molecule has 0 amide bonds. The minimum Gasteiger partial charge on any atom is -0.371 e. The maximum absolute atomic E-state index is 5.77. The van der Waals surface area contributed by atoms with Crippen LogP contribution in [0.3, 0.4) is 0 Å². The molecule has 0 aliphatic rings. The molecule has 0 aromatic carbocycles. The molecular weight excluding hydrogens is 292 g/mol. The highest BCUT2D eigenvalue weighted by Gasteiger charge is 2.14. The van der Waals surface area contributed by atoms with E-state index in [-0.39, 0.29) is 6.10 Å². The van der Waals surface area contributed by atoms with Gasteiger partial charge in [0.05, 0.1) is 6.54 Å². The summed E-state index contributed by atoms with van der Waals surface area (Å²) in [5.41, 5.74) is 1.07. The second-order valence-corrected chi connectivity index (χ2v) is 5.19. The van der Waals surface area contributed by atoms with Crippen molar-refractivity contribution in [1.82, 2.24) is 20.0 Å². The molecule has 6 nitrogen and oxygen atoms in total. The minimum absolute atomic E-state index is 0.154. The molecule has 2 rings (SSSR count). The maximum atomic E-state index is 5.77. The van der Waals surface area contributed by atoms with Crippen LogP contribution in [0.2, 0.25) is 5.15 Å². The van der Waals surface area contributed by atoms with Gasteiger partial charge in [0.25, 0.3) is 0 Å². The molecule has 7 heteroatoms. The standard InChI is InChI=1S/C14H19ClN4O2/c1-4-20-10(2)14-17-13(21-18-14)9-19(3)8-11-5-6-12(15)16-7-11/h5-7,10H,4,8-9H2,1-3H3/t10-/m0/s1. The van der Waals surface area contributed by atoms with E-state index in [1.54, 1.807) is 12.3 Å².